The van der Waals surface area contributed by atoms with Gasteiger partial charge in [0.05, 0.1) is 12.1 Å². The summed E-state index contributed by atoms with van der Waals surface area (Å²) in [5.74, 6) is 1.56. The Balaban J connectivity index is 3.20. The number of halogens is 3. The average molecular weight is 326 g/mol. The number of hydrogen-bond acceptors (Lipinski definition) is 1. The summed E-state index contributed by atoms with van der Waals surface area (Å²) in [7, 11) is 1.63. The van der Waals surface area contributed by atoms with Gasteiger partial charge >= 0.3 is 0 Å². The molecule has 0 saturated heterocycles. The van der Waals surface area contributed by atoms with Crippen LogP contribution in [0.2, 0.25) is 10.0 Å². The molecule has 0 radical (unpaired) electrons. The molecule has 0 saturated carbocycles. The first-order valence-electron chi connectivity index (χ1n) is 5.10. The molecule has 1 rings (SSSR count). The van der Waals surface area contributed by atoms with Crippen molar-refractivity contribution in [3.63, 3.8) is 0 Å². The second kappa shape index (κ2) is 6.13. The first-order chi connectivity index (χ1) is 7.51. The Bertz CT molecular complexity index is 368. The van der Waals surface area contributed by atoms with Gasteiger partial charge in [-0.25, -0.2) is 0 Å². The summed E-state index contributed by atoms with van der Waals surface area (Å²) in [4.78, 5) is 0. The van der Waals surface area contributed by atoms with Crippen molar-refractivity contribution in [2.75, 3.05) is 12.4 Å². The average Bonchev–Trinajstić information content (AvgIpc) is 2.26. The molecule has 16 heavy (non-hydrogen) atoms. The Morgan fingerprint density at radius 1 is 1.31 bits per heavy atom. The van der Waals surface area contributed by atoms with Crippen LogP contribution in [0.1, 0.15) is 25.3 Å². The highest BCUT2D eigenvalue weighted by Crippen LogP contribution is 2.39. The van der Waals surface area contributed by atoms with E-state index in [1.165, 1.54) is 0 Å². The largest absolute Gasteiger partial charge is 0.495 e. The van der Waals surface area contributed by atoms with E-state index in [-0.39, 0.29) is 0 Å². The van der Waals surface area contributed by atoms with Crippen LogP contribution in [-0.2, 0) is 0 Å². The van der Waals surface area contributed by atoms with E-state index in [1.54, 1.807) is 13.2 Å². The topological polar surface area (TPSA) is 9.23 Å². The van der Waals surface area contributed by atoms with Crippen LogP contribution in [0.25, 0.3) is 0 Å². The minimum atomic E-state index is 0.338. The van der Waals surface area contributed by atoms with Crippen molar-refractivity contribution in [3.05, 3.63) is 27.7 Å². The summed E-state index contributed by atoms with van der Waals surface area (Å²) < 4.78 is 5.34. The fourth-order valence-electron chi connectivity index (χ4n) is 1.57. The highest BCUT2D eigenvalue weighted by Gasteiger charge is 2.20. The van der Waals surface area contributed by atoms with Gasteiger partial charge in [0.2, 0.25) is 0 Å². The van der Waals surface area contributed by atoms with E-state index in [1.807, 2.05) is 6.07 Å². The summed E-state index contributed by atoms with van der Waals surface area (Å²) >= 11 is 15.6. The Kier molecular flexibility index (Phi) is 5.42. The van der Waals surface area contributed by atoms with Gasteiger partial charge in [-0.3, -0.25) is 0 Å². The Morgan fingerprint density at radius 3 is 2.44 bits per heavy atom. The zero-order chi connectivity index (χ0) is 12.3. The molecular formula is C12H15BrCl2O. The van der Waals surface area contributed by atoms with E-state index in [0.717, 1.165) is 16.6 Å². The molecule has 2 atom stereocenters. The summed E-state index contributed by atoms with van der Waals surface area (Å²) in [5.41, 5.74) is 1.06. The number of rotatable bonds is 4. The zero-order valence-corrected chi connectivity index (χ0v) is 12.7. The van der Waals surface area contributed by atoms with E-state index in [2.05, 4.69) is 29.8 Å². The number of methoxy groups -OCH3 is 1. The maximum atomic E-state index is 6.11. The fraction of sp³-hybridized carbons (Fsp3) is 0.500. The lowest BCUT2D eigenvalue weighted by atomic mass is 9.89. The van der Waals surface area contributed by atoms with Gasteiger partial charge in [0.15, 0.2) is 0 Å². The molecule has 0 N–H and O–H groups in total. The Hall–Kier alpha value is 0.0800. The van der Waals surface area contributed by atoms with Crippen molar-refractivity contribution in [1.82, 2.24) is 0 Å². The van der Waals surface area contributed by atoms with Crippen LogP contribution in [0.4, 0.5) is 0 Å². The van der Waals surface area contributed by atoms with Gasteiger partial charge in [0.1, 0.15) is 5.75 Å². The smallest absolute Gasteiger partial charge is 0.141 e. The van der Waals surface area contributed by atoms with E-state index in [4.69, 9.17) is 27.9 Å². The minimum Gasteiger partial charge on any atom is -0.495 e. The number of alkyl halides is 1. The first-order valence-corrected chi connectivity index (χ1v) is 6.97. The highest BCUT2D eigenvalue weighted by atomic mass is 79.9. The monoisotopic (exact) mass is 324 g/mol. The molecule has 0 aliphatic carbocycles. The summed E-state index contributed by atoms with van der Waals surface area (Å²) in [6.45, 7) is 4.32. The maximum absolute atomic E-state index is 6.11. The van der Waals surface area contributed by atoms with E-state index < -0.39 is 0 Å². The fourth-order valence-corrected chi connectivity index (χ4v) is 2.72. The van der Waals surface area contributed by atoms with Crippen molar-refractivity contribution in [2.24, 2.45) is 5.92 Å². The van der Waals surface area contributed by atoms with E-state index in [9.17, 15) is 0 Å². The van der Waals surface area contributed by atoms with Crippen molar-refractivity contribution in [2.45, 2.75) is 19.8 Å². The maximum Gasteiger partial charge on any atom is 0.141 e. The van der Waals surface area contributed by atoms with Gasteiger partial charge in [0, 0.05) is 15.9 Å². The van der Waals surface area contributed by atoms with Crippen LogP contribution < -0.4 is 4.74 Å². The summed E-state index contributed by atoms with van der Waals surface area (Å²) in [6, 6.07) is 3.63. The first kappa shape index (κ1) is 14.1. The molecule has 1 aromatic rings. The standard InChI is InChI=1S/C12H15BrCl2O/c1-7(6-13)8(2)10-4-9(14)5-11(15)12(10)16-3/h4-5,7-8H,6H2,1-3H3. The van der Waals surface area contributed by atoms with Gasteiger partial charge in [-0.15, -0.1) is 0 Å². The molecule has 0 fully saturated rings. The van der Waals surface area contributed by atoms with Crippen molar-refractivity contribution in [1.29, 1.82) is 0 Å². The lowest BCUT2D eigenvalue weighted by Crippen LogP contribution is -2.09. The molecule has 0 aliphatic heterocycles. The molecular weight excluding hydrogens is 311 g/mol. The molecule has 0 aliphatic rings. The van der Waals surface area contributed by atoms with Gasteiger partial charge in [-0.2, -0.15) is 0 Å². The van der Waals surface area contributed by atoms with Gasteiger partial charge in [0.25, 0.3) is 0 Å². The molecule has 0 aromatic heterocycles. The Morgan fingerprint density at radius 2 is 1.94 bits per heavy atom. The zero-order valence-electron chi connectivity index (χ0n) is 9.56. The quantitative estimate of drug-likeness (QED) is 0.697. The summed E-state index contributed by atoms with van der Waals surface area (Å²) in [5, 5.41) is 2.15. The lowest BCUT2D eigenvalue weighted by molar-refractivity contribution is 0.400. The Labute approximate surface area is 115 Å². The predicted octanol–water partition coefficient (Wildman–Crippen LogP) is 5.14. The number of hydrogen-bond donors (Lipinski definition) is 0. The van der Waals surface area contributed by atoms with Crippen molar-refractivity contribution < 1.29 is 4.74 Å². The second-order valence-corrected chi connectivity index (χ2v) is 5.42. The third kappa shape index (κ3) is 3.06. The van der Waals surface area contributed by atoms with Gasteiger partial charge in [-0.1, -0.05) is 53.0 Å². The third-order valence-corrected chi connectivity index (χ3v) is 4.35. The lowest BCUT2D eigenvalue weighted by Gasteiger charge is -2.21. The van der Waals surface area contributed by atoms with Gasteiger partial charge in [-0.05, 0) is 24.0 Å². The highest BCUT2D eigenvalue weighted by molar-refractivity contribution is 9.09. The molecule has 0 heterocycles. The second-order valence-electron chi connectivity index (χ2n) is 3.93. The van der Waals surface area contributed by atoms with Crippen LogP contribution in [-0.4, -0.2) is 12.4 Å². The molecule has 1 nitrogen and oxygen atoms in total. The molecule has 4 heteroatoms. The molecule has 0 amide bonds. The SMILES string of the molecule is COc1c(Cl)cc(Cl)cc1C(C)C(C)CBr. The van der Waals surface area contributed by atoms with Crippen molar-refractivity contribution in [3.8, 4) is 5.75 Å². The number of ether oxygens (including phenoxy) is 1. The number of benzene rings is 1. The third-order valence-electron chi connectivity index (χ3n) is 2.83. The molecule has 1 aromatic carbocycles. The minimum absolute atomic E-state index is 0.338. The van der Waals surface area contributed by atoms with Crippen LogP contribution in [0, 0.1) is 5.92 Å². The summed E-state index contributed by atoms with van der Waals surface area (Å²) in [6.07, 6.45) is 0. The van der Waals surface area contributed by atoms with Crippen LogP contribution >= 0.6 is 39.1 Å². The van der Waals surface area contributed by atoms with E-state index >= 15 is 0 Å². The molecule has 90 valence electrons. The molecule has 0 bridgehead atoms. The molecule has 0 spiro atoms. The van der Waals surface area contributed by atoms with Crippen LogP contribution in [0.15, 0.2) is 12.1 Å². The van der Waals surface area contributed by atoms with Crippen LogP contribution in [0.3, 0.4) is 0 Å². The predicted molar refractivity (Wildman–Crippen MR) is 74.4 cm³/mol. The molecule has 2 unspecified atom stereocenters. The van der Waals surface area contributed by atoms with E-state index in [0.29, 0.717) is 21.9 Å². The van der Waals surface area contributed by atoms with Crippen LogP contribution in [0.5, 0.6) is 5.75 Å². The van der Waals surface area contributed by atoms with Crippen molar-refractivity contribution >= 4 is 39.1 Å². The normalized spacial score (nSPS) is 14.6. The van der Waals surface area contributed by atoms with Gasteiger partial charge < -0.3 is 4.74 Å².